The molecular formula is C29H28Cl2N8O2. The van der Waals surface area contributed by atoms with Gasteiger partial charge in [-0.15, -0.1) is 0 Å². The first kappa shape index (κ1) is 28.3. The highest BCUT2D eigenvalue weighted by molar-refractivity contribution is 6.31. The first-order chi connectivity index (χ1) is 19.9. The summed E-state index contributed by atoms with van der Waals surface area (Å²) < 4.78 is 0. The first-order valence-electron chi connectivity index (χ1n) is 13.2. The van der Waals surface area contributed by atoms with E-state index in [1.165, 1.54) is 0 Å². The van der Waals surface area contributed by atoms with E-state index in [0.29, 0.717) is 28.3 Å². The summed E-state index contributed by atoms with van der Waals surface area (Å²) in [7, 11) is 0. The molecule has 2 aromatic rings. The van der Waals surface area contributed by atoms with Crippen LogP contribution in [0.4, 0.5) is 0 Å². The molecule has 2 aromatic carbocycles. The van der Waals surface area contributed by atoms with Gasteiger partial charge in [-0.1, -0.05) is 67.2 Å². The summed E-state index contributed by atoms with van der Waals surface area (Å²) in [6, 6.07) is 15.1. The normalized spacial score (nSPS) is 17.4. The van der Waals surface area contributed by atoms with E-state index in [0.717, 1.165) is 41.5 Å². The van der Waals surface area contributed by atoms with Crippen LogP contribution in [0, 0.1) is 0 Å². The lowest BCUT2D eigenvalue weighted by atomic mass is 10.1. The molecule has 0 aromatic heterocycles. The molecule has 0 saturated carbocycles. The number of carbonyl (C=O) groups excluding carboxylic acids is 2. The topological polar surface area (TPSA) is 105 Å². The van der Waals surface area contributed by atoms with Crippen molar-refractivity contribution in [2.24, 2.45) is 20.4 Å². The number of hydrogen-bond donors (Lipinski definition) is 1. The number of halogens is 2. The minimum absolute atomic E-state index is 0.00894. The average molecular weight is 592 g/mol. The second-order valence-corrected chi connectivity index (χ2v) is 10.4. The second kappa shape index (κ2) is 12.9. The molecule has 0 saturated heterocycles. The molecule has 4 heterocycles. The fourth-order valence-corrected chi connectivity index (χ4v) is 4.52. The van der Waals surface area contributed by atoms with E-state index < -0.39 is 0 Å². The Bertz CT molecular complexity index is 1490. The number of fused-ring (bicyclic) bond motifs is 2. The number of hydrazone groups is 4. The maximum absolute atomic E-state index is 12.1. The van der Waals surface area contributed by atoms with Crippen LogP contribution in [0.2, 0.25) is 10.0 Å². The highest BCUT2D eigenvalue weighted by atomic mass is 35.5. The van der Waals surface area contributed by atoms with Crippen LogP contribution in [0.25, 0.3) is 11.1 Å². The smallest absolute Gasteiger partial charge is 0.264 e. The van der Waals surface area contributed by atoms with E-state index in [1.807, 2.05) is 60.7 Å². The van der Waals surface area contributed by atoms with Gasteiger partial charge in [-0.2, -0.15) is 20.4 Å². The molecule has 2 amide bonds. The number of nitrogens with one attached hydrogen (secondary N) is 1. The SMILES string of the molecule is CCCCCN1N=C2C=C(c3ccc(Cl)cc3)C=NN2CC1=O.O=C1CN2N=CC(c3ccc(Cl)cc3)=CC2=NN1. The predicted molar refractivity (Wildman–Crippen MR) is 164 cm³/mol. The predicted octanol–water partition coefficient (Wildman–Crippen LogP) is 4.84. The minimum atomic E-state index is -0.167. The molecule has 1 N–H and O–H groups in total. The lowest BCUT2D eigenvalue weighted by Crippen LogP contribution is -2.45. The van der Waals surface area contributed by atoms with Crippen LogP contribution in [0.1, 0.15) is 37.3 Å². The van der Waals surface area contributed by atoms with E-state index in [1.54, 1.807) is 27.5 Å². The highest BCUT2D eigenvalue weighted by Gasteiger charge is 2.27. The molecule has 6 rings (SSSR count). The Hall–Kier alpha value is -4.28. The summed E-state index contributed by atoms with van der Waals surface area (Å²) in [5.74, 6) is 1.15. The number of rotatable bonds is 6. The summed E-state index contributed by atoms with van der Waals surface area (Å²) in [5.41, 5.74) is 6.34. The van der Waals surface area contributed by atoms with E-state index in [-0.39, 0.29) is 24.9 Å². The maximum Gasteiger partial charge on any atom is 0.264 e. The molecule has 0 aliphatic carbocycles. The van der Waals surface area contributed by atoms with Crippen LogP contribution in [-0.2, 0) is 9.59 Å². The molecule has 0 atom stereocenters. The Morgan fingerprint density at radius 3 is 1.93 bits per heavy atom. The molecule has 0 spiro atoms. The molecule has 0 unspecified atom stereocenters. The van der Waals surface area contributed by atoms with Crippen molar-refractivity contribution in [1.82, 2.24) is 20.5 Å². The standard InChI is InChI=1S/C17H19ClN4O.C12H9ClN4O/c1-2-3-4-9-21-17(23)12-22-16(20-21)10-14(11-19-22)13-5-7-15(18)8-6-13;13-10-3-1-8(2-4-10)9-5-11-15-16-12(18)7-17(11)14-6-9/h5-8,10-11H,2-4,9,12H2,1H3;1-6H,7H2,(H,16,18). The molecule has 4 aliphatic heterocycles. The van der Waals surface area contributed by atoms with Crippen molar-refractivity contribution in [3.8, 4) is 0 Å². The van der Waals surface area contributed by atoms with Crippen molar-refractivity contribution >= 4 is 70.3 Å². The number of hydrogen-bond acceptors (Lipinski definition) is 8. The molecule has 210 valence electrons. The van der Waals surface area contributed by atoms with Crippen molar-refractivity contribution in [1.29, 1.82) is 0 Å². The lowest BCUT2D eigenvalue weighted by molar-refractivity contribution is -0.133. The molecule has 4 aliphatic rings. The van der Waals surface area contributed by atoms with Gasteiger partial charge in [-0.05, 0) is 54.0 Å². The van der Waals surface area contributed by atoms with Gasteiger partial charge in [0.1, 0.15) is 13.1 Å². The zero-order valence-electron chi connectivity index (χ0n) is 22.4. The number of amidine groups is 2. The minimum Gasteiger partial charge on any atom is -0.271 e. The summed E-state index contributed by atoms with van der Waals surface area (Å²) in [4.78, 5) is 23.2. The number of unbranched alkanes of at least 4 members (excludes halogenated alkanes) is 2. The molecule has 10 nitrogen and oxygen atoms in total. The van der Waals surface area contributed by atoms with Gasteiger partial charge in [0.15, 0.2) is 11.7 Å². The highest BCUT2D eigenvalue weighted by Crippen LogP contribution is 2.22. The number of nitrogens with zero attached hydrogens (tertiary/aromatic N) is 7. The van der Waals surface area contributed by atoms with Gasteiger partial charge in [0.2, 0.25) is 0 Å². The zero-order valence-corrected chi connectivity index (χ0v) is 23.9. The van der Waals surface area contributed by atoms with Crippen molar-refractivity contribution in [3.63, 3.8) is 0 Å². The molecule has 0 fully saturated rings. The third-order valence-corrected chi connectivity index (χ3v) is 6.99. The largest absolute Gasteiger partial charge is 0.271 e. The third kappa shape index (κ3) is 7.08. The van der Waals surface area contributed by atoms with Crippen LogP contribution in [0.3, 0.4) is 0 Å². The van der Waals surface area contributed by atoms with Crippen molar-refractivity contribution < 1.29 is 9.59 Å². The molecule has 0 radical (unpaired) electrons. The Labute approximate surface area is 248 Å². The third-order valence-electron chi connectivity index (χ3n) is 6.48. The van der Waals surface area contributed by atoms with Crippen molar-refractivity contribution in [2.75, 3.05) is 19.6 Å². The van der Waals surface area contributed by atoms with Crippen LogP contribution in [0.5, 0.6) is 0 Å². The number of allylic oxidation sites excluding steroid dienone is 2. The summed E-state index contributed by atoms with van der Waals surface area (Å²) in [6.07, 6.45) is 10.5. The van der Waals surface area contributed by atoms with E-state index in [2.05, 4.69) is 32.8 Å². The fraction of sp³-hybridized carbons (Fsp3) is 0.241. The van der Waals surface area contributed by atoms with Gasteiger partial charge >= 0.3 is 0 Å². The second-order valence-electron chi connectivity index (χ2n) is 9.50. The Morgan fingerprint density at radius 1 is 0.780 bits per heavy atom. The lowest BCUT2D eigenvalue weighted by Gasteiger charge is -2.30. The summed E-state index contributed by atoms with van der Waals surface area (Å²) in [6.45, 7) is 3.24. The molecule has 12 heteroatoms. The number of amides is 2. The van der Waals surface area contributed by atoms with E-state index in [9.17, 15) is 9.59 Å². The van der Waals surface area contributed by atoms with Crippen LogP contribution in [-0.4, -0.2) is 70.6 Å². The zero-order chi connectivity index (χ0) is 28.8. The van der Waals surface area contributed by atoms with Gasteiger partial charge < -0.3 is 0 Å². The average Bonchev–Trinajstić information content (AvgIpc) is 2.98. The summed E-state index contributed by atoms with van der Waals surface area (Å²) >= 11 is 11.8. The summed E-state index contributed by atoms with van der Waals surface area (Å²) in [5, 5.41) is 23.1. The van der Waals surface area contributed by atoms with Gasteiger partial charge in [0.25, 0.3) is 11.8 Å². The van der Waals surface area contributed by atoms with E-state index in [4.69, 9.17) is 23.2 Å². The molecule has 41 heavy (non-hydrogen) atoms. The number of benzene rings is 2. The number of carbonyl (C=O) groups is 2. The van der Waals surface area contributed by atoms with Gasteiger partial charge in [0, 0.05) is 27.7 Å². The van der Waals surface area contributed by atoms with Crippen LogP contribution >= 0.6 is 23.2 Å². The van der Waals surface area contributed by atoms with Gasteiger partial charge in [-0.3, -0.25) is 9.59 Å². The van der Waals surface area contributed by atoms with Gasteiger partial charge in [-0.25, -0.2) is 20.5 Å². The maximum atomic E-state index is 12.1. The van der Waals surface area contributed by atoms with Crippen molar-refractivity contribution in [3.05, 3.63) is 81.9 Å². The quantitative estimate of drug-likeness (QED) is 0.486. The molecule has 0 bridgehead atoms. The fourth-order valence-electron chi connectivity index (χ4n) is 4.26. The van der Waals surface area contributed by atoms with E-state index >= 15 is 0 Å². The monoisotopic (exact) mass is 590 g/mol. The Morgan fingerprint density at radius 2 is 1.34 bits per heavy atom. The van der Waals surface area contributed by atoms with Gasteiger partial charge in [0.05, 0.1) is 12.4 Å². The van der Waals surface area contributed by atoms with Crippen LogP contribution in [0.15, 0.2) is 81.1 Å². The van der Waals surface area contributed by atoms with Crippen molar-refractivity contribution in [2.45, 2.75) is 26.2 Å². The first-order valence-corrected chi connectivity index (χ1v) is 14.0. The van der Waals surface area contributed by atoms with Crippen LogP contribution < -0.4 is 5.43 Å². The molecular weight excluding hydrogens is 563 g/mol. The Balaban J connectivity index is 0.000000169. The Kier molecular flexibility index (Phi) is 8.91.